The van der Waals surface area contributed by atoms with Crippen LogP contribution in [0.5, 0.6) is 0 Å². The van der Waals surface area contributed by atoms with E-state index in [2.05, 4.69) is 15.1 Å². The van der Waals surface area contributed by atoms with Gasteiger partial charge in [-0.15, -0.1) is 0 Å². The number of aromatic amines is 1. The van der Waals surface area contributed by atoms with E-state index in [9.17, 15) is 4.79 Å². The highest BCUT2D eigenvalue weighted by Crippen LogP contribution is 2.15. The van der Waals surface area contributed by atoms with Crippen molar-refractivity contribution in [1.82, 2.24) is 19.7 Å². The van der Waals surface area contributed by atoms with E-state index in [4.69, 9.17) is 11.6 Å². The molecule has 0 radical (unpaired) electrons. The summed E-state index contributed by atoms with van der Waals surface area (Å²) in [5.74, 6) is 0.463. The lowest BCUT2D eigenvalue weighted by molar-refractivity contribution is 0.893. The highest BCUT2D eigenvalue weighted by molar-refractivity contribution is 6.30. The molecule has 5 nitrogen and oxygen atoms in total. The Kier molecular flexibility index (Phi) is 3.91. The first kappa shape index (κ1) is 15.4. The standard InChI is InChI=1S/C19H13ClN4O/c20-14-9-6-13(7-10-14)8-11-17-22-18-16(19(25)23-17)12-21-24(18)15-4-2-1-3-5-15/h1-12H,(H,22,23,25)/b11-8+. The zero-order chi connectivity index (χ0) is 17.2. The summed E-state index contributed by atoms with van der Waals surface area (Å²) in [6, 6.07) is 17.0. The summed E-state index contributed by atoms with van der Waals surface area (Å²) in [5, 5.41) is 5.42. The molecule has 4 rings (SSSR count). The molecule has 4 aromatic rings. The molecule has 0 bridgehead atoms. The van der Waals surface area contributed by atoms with Gasteiger partial charge in [0.25, 0.3) is 5.56 Å². The first-order chi connectivity index (χ1) is 12.2. The Bertz CT molecular complexity index is 1110. The summed E-state index contributed by atoms with van der Waals surface area (Å²) >= 11 is 5.88. The summed E-state index contributed by atoms with van der Waals surface area (Å²) in [6.45, 7) is 0. The lowest BCUT2D eigenvalue weighted by Crippen LogP contribution is -2.10. The Morgan fingerprint density at radius 2 is 1.76 bits per heavy atom. The van der Waals surface area contributed by atoms with E-state index in [1.54, 1.807) is 10.8 Å². The van der Waals surface area contributed by atoms with E-state index in [0.717, 1.165) is 11.3 Å². The molecular formula is C19H13ClN4O. The second-order valence-electron chi connectivity index (χ2n) is 5.47. The molecule has 0 saturated heterocycles. The molecular weight excluding hydrogens is 336 g/mol. The number of aromatic nitrogens is 4. The molecule has 25 heavy (non-hydrogen) atoms. The molecule has 0 aliphatic carbocycles. The molecule has 0 saturated carbocycles. The van der Waals surface area contributed by atoms with Crippen LogP contribution in [0.1, 0.15) is 11.4 Å². The van der Waals surface area contributed by atoms with Gasteiger partial charge in [0, 0.05) is 5.02 Å². The molecule has 2 heterocycles. The van der Waals surface area contributed by atoms with Gasteiger partial charge in [0.15, 0.2) is 5.65 Å². The van der Waals surface area contributed by atoms with Gasteiger partial charge < -0.3 is 4.98 Å². The largest absolute Gasteiger partial charge is 0.306 e. The number of rotatable bonds is 3. The van der Waals surface area contributed by atoms with Crippen LogP contribution in [0.2, 0.25) is 5.02 Å². The lowest BCUT2D eigenvalue weighted by Gasteiger charge is -2.02. The average molecular weight is 349 g/mol. The Morgan fingerprint density at radius 1 is 1.00 bits per heavy atom. The van der Waals surface area contributed by atoms with Crippen LogP contribution in [0, 0.1) is 0 Å². The molecule has 6 heteroatoms. The number of nitrogens with one attached hydrogen (secondary N) is 1. The fourth-order valence-corrected chi connectivity index (χ4v) is 2.65. The van der Waals surface area contributed by atoms with E-state index >= 15 is 0 Å². The normalized spacial score (nSPS) is 11.4. The van der Waals surface area contributed by atoms with Gasteiger partial charge in [-0.25, -0.2) is 9.67 Å². The van der Waals surface area contributed by atoms with Crippen molar-refractivity contribution in [1.29, 1.82) is 0 Å². The predicted octanol–water partition coefficient (Wildman–Crippen LogP) is 3.93. The van der Waals surface area contributed by atoms with Gasteiger partial charge in [-0.3, -0.25) is 4.79 Å². The lowest BCUT2D eigenvalue weighted by atomic mass is 10.2. The molecule has 0 atom stereocenters. The van der Waals surface area contributed by atoms with Gasteiger partial charge in [-0.05, 0) is 35.9 Å². The fourth-order valence-electron chi connectivity index (χ4n) is 2.52. The smallest absolute Gasteiger partial charge is 0.262 e. The van der Waals surface area contributed by atoms with E-state index in [0.29, 0.717) is 21.9 Å². The number of H-pyrrole nitrogens is 1. The maximum Gasteiger partial charge on any atom is 0.262 e. The van der Waals surface area contributed by atoms with Gasteiger partial charge in [0.1, 0.15) is 11.2 Å². The van der Waals surface area contributed by atoms with E-state index in [1.165, 1.54) is 6.20 Å². The van der Waals surface area contributed by atoms with E-state index in [1.807, 2.05) is 60.7 Å². The average Bonchev–Trinajstić information content (AvgIpc) is 3.06. The van der Waals surface area contributed by atoms with Crippen molar-refractivity contribution >= 4 is 34.8 Å². The molecule has 0 fully saturated rings. The van der Waals surface area contributed by atoms with Gasteiger partial charge in [-0.1, -0.05) is 48.0 Å². The minimum atomic E-state index is -0.220. The second-order valence-corrected chi connectivity index (χ2v) is 5.90. The first-order valence-electron chi connectivity index (χ1n) is 7.68. The van der Waals surface area contributed by atoms with Crippen LogP contribution in [-0.4, -0.2) is 19.7 Å². The van der Waals surface area contributed by atoms with Crippen LogP contribution in [0.3, 0.4) is 0 Å². The molecule has 0 unspecified atom stereocenters. The van der Waals surface area contributed by atoms with Crippen LogP contribution >= 0.6 is 11.6 Å². The van der Waals surface area contributed by atoms with Crippen molar-refractivity contribution in [2.24, 2.45) is 0 Å². The maximum atomic E-state index is 12.3. The van der Waals surface area contributed by atoms with Crippen LogP contribution in [0.15, 0.2) is 65.6 Å². The number of benzene rings is 2. The molecule has 2 aromatic carbocycles. The third-order valence-corrected chi connectivity index (χ3v) is 4.01. The number of halogens is 1. The summed E-state index contributed by atoms with van der Waals surface area (Å²) in [5.41, 5.74) is 2.11. The van der Waals surface area contributed by atoms with Crippen LogP contribution in [0.4, 0.5) is 0 Å². The Morgan fingerprint density at radius 3 is 2.52 bits per heavy atom. The summed E-state index contributed by atoms with van der Waals surface area (Å²) in [7, 11) is 0. The van der Waals surface area contributed by atoms with Crippen molar-refractivity contribution in [3.05, 3.63) is 87.6 Å². The van der Waals surface area contributed by atoms with Crippen LogP contribution < -0.4 is 5.56 Å². The molecule has 0 aliphatic rings. The van der Waals surface area contributed by atoms with Gasteiger partial charge >= 0.3 is 0 Å². The van der Waals surface area contributed by atoms with Gasteiger partial charge in [0.05, 0.1) is 11.9 Å². The van der Waals surface area contributed by atoms with Crippen molar-refractivity contribution in [2.45, 2.75) is 0 Å². The highest BCUT2D eigenvalue weighted by Gasteiger charge is 2.10. The SMILES string of the molecule is O=c1[nH]c(/C=C/c2ccc(Cl)cc2)nc2c1cnn2-c1ccccc1. The Hall–Kier alpha value is -3.18. The summed E-state index contributed by atoms with van der Waals surface area (Å²) in [6.07, 6.45) is 5.15. The molecule has 0 aliphatic heterocycles. The molecule has 0 amide bonds. The monoisotopic (exact) mass is 348 g/mol. The van der Waals surface area contributed by atoms with Crippen molar-refractivity contribution in [3.63, 3.8) is 0 Å². The van der Waals surface area contributed by atoms with Crippen LogP contribution in [0.25, 0.3) is 28.9 Å². The quantitative estimate of drug-likeness (QED) is 0.610. The van der Waals surface area contributed by atoms with Crippen molar-refractivity contribution in [2.75, 3.05) is 0 Å². The zero-order valence-corrected chi connectivity index (χ0v) is 13.8. The Labute approximate surface area is 148 Å². The topological polar surface area (TPSA) is 63.6 Å². The van der Waals surface area contributed by atoms with E-state index < -0.39 is 0 Å². The van der Waals surface area contributed by atoms with Crippen LogP contribution in [-0.2, 0) is 0 Å². The van der Waals surface area contributed by atoms with E-state index in [-0.39, 0.29) is 5.56 Å². The van der Waals surface area contributed by atoms with Gasteiger partial charge in [0.2, 0.25) is 0 Å². The third-order valence-electron chi connectivity index (χ3n) is 3.76. The fraction of sp³-hybridized carbons (Fsp3) is 0. The Balaban J connectivity index is 1.78. The predicted molar refractivity (Wildman–Crippen MR) is 99.9 cm³/mol. The number of hydrogen-bond acceptors (Lipinski definition) is 3. The first-order valence-corrected chi connectivity index (χ1v) is 8.06. The number of hydrogen-bond donors (Lipinski definition) is 1. The molecule has 1 N–H and O–H groups in total. The van der Waals surface area contributed by atoms with Gasteiger partial charge in [-0.2, -0.15) is 5.10 Å². The third kappa shape index (κ3) is 3.09. The van der Waals surface area contributed by atoms with Crippen molar-refractivity contribution < 1.29 is 0 Å². The minimum Gasteiger partial charge on any atom is -0.306 e. The number of nitrogens with zero attached hydrogens (tertiary/aromatic N) is 3. The summed E-state index contributed by atoms with van der Waals surface area (Å²) in [4.78, 5) is 19.6. The number of para-hydroxylation sites is 1. The van der Waals surface area contributed by atoms with Crippen molar-refractivity contribution in [3.8, 4) is 5.69 Å². The molecule has 0 spiro atoms. The second kappa shape index (κ2) is 6.37. The molecule has 2 aromatic heterocycles. The summed E-state index contributed by atoms with van der Waals surface area (Å²) < 4.78 is 1.66. The number of fused-ring (bicyclic) bond motifs is 1. The minimum absolute atomic E-state index is 0.220. The zero-order valence-electron chi connectivity index (χ0n) is 13.1. The maximum absolute atomic E-state index is 12.3. The highest BCUT2D eigenvalue weighted by atomic mass is 35.5. The molecule has 122 valence electrons.